The molecular formula is C19H19Cl2N3O6S. The van der Waals surface area contributed by atoms with Crippen molar-refractivity contribution in [3.05, 3.63) is 62.1 Å². The Kier molecular flexibility index (Phi) is 7.99. The van der Waals surface area contributed by atoms with E-state index in [4.69, 9.17) is 23.2 Å². The summed E-state index contributed by atoms with van der Waals surface area (Å²) in [6, 6.07) is 7.41. The zero-order valence-corrected chi connectivity index (χ0v) is 18.9. The van der Waals surface area contributed by atoms with Gasteiger partial charge in [-0.3, -0.25) is 19.7 Å². The third-order valence-electron chi connectivity index (χ3n) is 4.10. The molecule has 0 bridgehead atoms. The third kappa shape index (κ3) is 6.65. The van der Waals surface area contributed by atoms with Gasteiger partial charge in [0.1, 0.15) is 6.54 Å². The third-order valence-corrected chi connectivity index (χ3v) is 5.74. The number of hydrogen-bond donors (Lipinski definition) is 1. The highest BCUT2D eigenvalue weighted by Crippen LogP contribution is 2.26. The van der Waals surface area contributed by atoms with Crippen LogP contribution in [0.15, 0.2) is 41.3 Å². The molecular weight excluding hydrogens is 469 g/mol. The number of halogens is 2. The lowest BCUT2D eigenvalue weighted by atomic mass is 10.1. The van der Waals surface area contributed by atoms with E-state index in [2.05, 4.69) is 5.32 Å². The summed E-state index contributed by atoms with van der Waals surface area (Å²) in [4.78, 5) is 36.7. The van der Waals surface area contributed by atoms with Gasteiger partial charge >= 0.3 is 0 Å². The summed E-state index contributed by atoms with van der Waals surface area (Å²) >= 11 is 11.9. The molecule has 0 saturated heterocycles. The number of non-ortho nitro benzene ring substituents is 1. The fraction of sp³-hybridized carbons (Fsp3) is 0.263. The average Bonchev–Trinajstić information content (AvgIpc) is 2.68. The molecule has 0 aliphatic heterocycles. The van der Waals surface area contributed by atoms with Gasteiger partial charge in [-0.2, -0.15) is 0 Å². The minimum absolute atomic E-state index is 0.164. The van der Waals surface area contributed by atoms with Crippen LogP contribution >= 0.6 is 23.2 Å². The monoisotopic (exact) mass is 487 g/mol. The Balaban J connectivity index is 2.32. The van der Waals surface area contributed by atoms with E-state index in [9.17, 15) is 28.1 Å². The Hall–Kier alpha value is -2.69. The lowest BCUT2D eigenvalue weighted by molar-refractivity contribution is -0.385. The molecule has 0 fully saturated rings. The first-order valence-electron chi connectivity index (χ1n) is 8.96. The summed E-state index contributed by atoms with van der Waals surface area (Å²) in [5.41, 5.74) is -0.449. The summed E-state index contributed by atoms with van der Waals surface area (Å²) < 4.78 is 23.8. The van der Waals surface area contributed by atoms with E-state index in [1.165, 1.54) is 23.1 Å². The van der Waals surface area contributed by atoms with E-state index >= 15 is 0 Å². The first-order valence-corrected chi connectivity index (χ1v) is 11.6. The zero-order valence-electron chi connectivity index (χ0n) is 16.6. The summed E-state index contributed by atoms with van der Waals surface area (Å²) in [6.07, 6.45) is 1.38. The summed E-state index contributed by atoms with van der Waals surface area (Å²) in [6.45, 7) is 1.57. The van der Waals surface area contributed by atoms with Gasteiger partial charge in [0.15, 0.2) is 9.84 Å². The van der Waals surface area contributed by atoms with Crippen molar-refractivity contribution < 1.29 is 22.9 Å². The van der Waals surface area contributed by atoms with E-state index in [0.29, 0.717) is 17.1 Å². The normalized spacial score (nSPS) is 11.1. The number of sulfone groups is 1. The molecule has 2 rings (SSSR count). The van der Waals surface area contributed by atoms with Crippen LogP contribution in [-0.2, 0) is 14.6 Å². The number of carbonyl (C=O) groups is 2. The highest BCUT2D eigenvalue weighted by Gasteiger charge is 2.24. The lowest BCUT2D eigenvalue weighted by Gasteiger charge is -2.22. The highest BCUT2D eigenvalue weighted by atomic mass is 35.5. The molecule has 0 atom stereocenters. The molecule has 0 unspecified atom stereocenters. The first-order chi connectivity index (χ1) is 14.4. The Morgan fingerprint density at radius 1 is 1.16 bits per heavy atom. The van der Waals surface area contributed by atoms with Gasteiger partial charge in [0.25, 0.3) is 11.6 Å². The van der Waals surface area contributed by atoms with Crippen molar-refractivity contribution >= 4 is 56.2 Å². The van der Waals surface area contributed by atoms with E-state index in [0.717, 1.165) is 24.5 Å². The smallest absolute Gasteiger partial charge is 0.271 e. The highest BCUT2D eigenvalue weighted by molar-refractivity contribution is 7.90. The second kappa shape index (κ2) is 10.1. The van der Waals surface area contributed by atoms with Crippen LogP contribution in [0.3, 0.4) is 0 Å². The van der Waals surface area contributed by atoms with Crippen LogP contribution in [0, 0.1) is 10.1 Å². The number of nitrogens with zero attached hydrogens (tertiary/aromatic N) is 2. The number of nitrogens with one attached hydrogen (secondary N) is 1. The van der Waals surface area contributed by atoms with E-state index in [-0.39, 0.29) is 28.6 Å². The van der Waals surface area contributed by atoms with Crippen LogP contribution in [0.1, 0.15) is 23.7 Å². The van der Waals surface area contributed by atoms with Gasteiger partial charge < -0.3 is 10.2 Å². The second-order valence-corrected chi connectivity index (χ2v) is 9.50. The Bertz CT molecular complexity index is 1140. The van der Waals surface area contributed by atoms with Crippen molar-refractivity contribution in [3.8, 4) is 0 Å². The molecule has 1 N–H and O–H groups in total. The maximum absolute atomic E-state index is 13.0. The molecule has 0 saturated carbocycles. The number of nitro benzene ring substituents is 1. The molecule has 2 amide bonds. The molecule has 31 heavy (non-hydrogen) atoms. The number of hydrogen-bond acceptors (Lipinski definition) is 6. The van der Waals surface area contributed by atoms with Crippen molar-refractivity contribution in [2.24, 2.45) is 0 Å². The van der Waals surface area contributed by atoms with Gasteiger partial charge in [-0.1, -0.05) is 30.1 Å². The predicted octanol–water partition coefficient (Wildman–Crippen LogP) is 3.80. The predicted molar refractivity (Wildman–Crippen MR) is 117 cm³/mol. The maximum atomic E-state index is 13.0. The number of carbonyl (C=O) groups excluding carboxylic acids is 2. The van der Waals surface area contributed by atoms with Crippen LogP contribution in [-0.4, -0.2) is 49.4 Å². The van der Waals surface area contributed by atoms with Gasteiger partial charge in [0.05, 0.1) is 20.5 Å². The van der Waals surface area contributed by atoms with Gasteiger partial charge in [0, 0.05) is 35.5 Å². The lowest BCUT2D eigenvalue weighted by Crippen LogP contribution is -2.38. The summed E-state index contributed by atoms with van der Waals surface area (Å²) in [7, 11) is -3.80. The van der Waals surface area contributed by atoms with Crippen LogP contribution in [0.5, 0.6) is 0 Å². The minimum atomic E-state index is -3.80. The number of amides is 2. The largest absolute Gasteiger partial charge is 0.329 e. The van der Waals surface area contributed by atoms with Crippen LogP contribution < -0.4 is 5.32 Å². The van der Waals surface area contributed by atoms with Gasteiger partial charge in [0.2, 0.25) is 5.91 Å². The van der Waals surface area contributed by atoms with Crippen molar-refractivity contribution in [1.29, 1.82) is 0 Å². The number of anilines is 1. The Morgan fingerprint density at radius 3 is 2.39 bits per heavy atom. The second-order valence-electron chi connectivity index (χ2n) is 6.64. The standard InChI is InChI=1S/C19H19Cl2N3O6S/c1-3-6-23(11-18(25)22-17-5-4-13(20)9-16(17)21)19(26)12-7-14(24(27)28)10-15(8-12)31(2,29)30/h4-5,7-10H,3,6,11H2,1-2H3,(H,22,25). The molecule has 0 aliphatic carbocycles. The average molecular weight is 488 g/mol. The van der Waals surface area contributed by atoms with Gasteiger partial charge in [-0.25, -0.2) is 8.42 Å². The van der Waals surface area contributed by atoms with E-state index in [1.54, 1.807) is 6.92 Å². The molecule has 9 nitrogen and oxygen atoms in total. The number of nitro groups is 1. The molecule has 0 aromatic heterocycles. The van der Waals surface area contributed by atoms with Crippen molar-refractivity contribution in [2.45, 2.75) is 18.2 Å². The van der Waals surface area contributed by atoms with E-state index < -0.39 is 32.3 Å². The van der Waals surface area contributed by atoms with Crippen LogP contribution in [0.2, 0.25) is 10.0 Å². The molecule has 0 heterocycles. The molecule has 0 aliphatic rings. The SMILES string of the molecule is CCCN(CC(=O)Nc1ccc(Cl)cc1Cl)C(=O)c1cc([N+](=O)[O-])cc(S(C)(=O)=O)c1. The van der Waals surface area contributed by atoms with Crippen LogP contribution in [0.25, 0.3) is 0 Å². The fourth-order valence-corrected chi connectivity index (χ4v) is 3.82. The minimum Gasteiger partial charge on any atom is -0.329 e. The number of rotatable bonds is 8. The fourth-order valence-electron chi connectivity index (χ4n) is 2.69. The summed E-state index contributed by atoms with van der Waals surface area (Å²) in [5, 5.41) is 14.4. The zero-order chi connectivity index (χ0) is 23.3. The molecule has 166 valence electrons. The first kappa shape index (κ1) is 24.6. The molecule has 2 aromatic carbocycles. The quantitative estimate of drug-likeness (QED) is 0.445. The topological polar surface area (TPSA) is 127 Å². The molecule has 12 heteroatoms. The Morgan fingerprint density at radius 2 is 1.84 bits per heavy atom. The van der Waals surface area contributed by atoms with Crippen molar-refractivity contribution in [1.82, 2.24) is 4.90 Å². The molecule has 2 aromatic rings. The number of benzene rings is 2. The molecule has 0 radical (unpaired) electrons. The summed E-state index contributed by atoms with van der Waals surface area (Å²) in [5.74, 6) is -1.27. The van der Waals surface area contributed by atoms with Gasteiger partial charge in [-0.15, -0.1) is 0 Å². The molecule has 0 spiro atoms. The van der Waals surface area contributed by atoms with Gasteiger partial charge in [-0.05, 0) is 30.7 Å². The Labute approximate surface area is 189 Å². The van der Waals surface area contributed by atoms with Crippen LogP contribution in [0.4, 0.5) is 11.4 Å². The van der Waals surface area contributed by atoms with E-state index in [1.807, 2.05) is 0 Å². The van der Waals surface area contributed by atoms with Crippen molar-refractivity contribution in [2.75, 3.05) is 24.7 Å². The maximum Gasteiger partial charge on any atom is 0.271 e. The van der Waals surface area contributed by atoms with Crippen molar-refractivity contribution in [3.63, 3.8) is 0 Å².